The Balaban J connectivity index is 1.84. The number of carbonyl (C=O) groups is 2. The van der Waals surface area contributed by atoms with E-state index in [4.69, 9.17) is 9.47 Å². The molecule has 0 bridgehead atoms. The molecule has 0 spiro atoms. The number of hydrogen-bond donors (Lipinski definition) is 1. The molecule has 46 heavy (non-hydrogen) atoms. The topological polar surface area (TPSA) is 105 Å². The molecule has 2 amide bonds. The van der Waals surface area contributed by atoms with E-state index in [0.29, 0.717) is 11.5 Å². The van der Waals surface area contributed by atoms with Crippen LogP contribution in [0.15, 0.2) is 112 Å². The van der Waals surface area contributed by atoms with Crippen LogP contribution in [0.4, 0.5) is 5.69 Å². The van der Waals surface area contributed by atoms with E-state index in [-0.39, 0.29) is 35.5 Å². The molecule has 0 heterocycles. The first-order valence-corrected chi connectivity index (χ1v) is 16.9. The molecule has 242 valence electrons. The van der Waals surface area contributed by atoms with Gasteiger partial charge in [0.2, 0.25) is 11.8 Å². The molecule has 0 aliphatic rings. The molecule has 4 rings (SSSR count). The highest BCUT2D eigenvalue weighted by atomic mass is 79.9. The van der Waals surface area contributed by atoms with E-state index in [0.717, 1.165) is 19.9 Å². The van der Waals surface area contributed by atoms with Crippen molar-refractivity contribution in [1.29, 1.82) is 0 Å². The maximum atomic E-state index is 14.6. The zero-order valence-corrected chi connectivity index (χ0v) is 28.6. The average molecular weight is 709 g/mol. The van der Waals surface area contributed by atoms with Crippen molar-refractivity contribution in [1.82, 2.24) is 10.2 Å². The van der Waals surface area contributed by atoms with Crippen LogP contribution < -0.4 is 19.1 Å². The van der Waals surface area contributed by atoms with Crippen molar-refractivity contribution >= 4 is 43.5 Å². The molecule has 0 saturated carbocycles. The fourth-order valence-electron chi connectivity index (χ4n) is 5.00. The van der Waals surface area contributed by atoms with Crippen LogP contribution in [0.2, 0.25) is 0 Å². The molecule has 1 N–H and O–H groups in total. The minimum atomic E-state index is -4.25. The van der Waals surface area contributed by atoms with Crippen molar-refractivity contribution in [2.75, 3.05) is 25.1 Å². The second-order valence-electron chi connectivity index (χ2n) is 10.9. The fourth-order valence-corrected chi connectivity index (χ4v) is 6.87. The largest absolute Gasteiger partial charge is 0.493 e. The Morgan fingerprint density at radius 3 is 2.04 bits per heavy atom. The first-order valence-electron chi connectivity index (χ1n) is 14.7. The van der Waals surface area contributed by atoms with Crippen LogP contribution in [0.5, 0.6) is 11.5 Å². The predicted octanol–water partition coefficient (Wildman–Crippen LogP) is 5.83. The lowest BCUT2D eigenvalue weighted by Gasteiger charge is -2.34. The molecule has 0 aliphatic heterocycles. The highest BCUT2D eigenvalue weighted by Crippen LogP contribution is 2.34. The number of carbonyl (C=O) groups excluding carboxylic acids is 2. The van der Waals surface area contributed by atoms with Crippen LogP contribution in [0.1, 0.15) is 25.0 Å². The highest BCUT2D eigenvalue weighted by molar-refractivity contribution is 9.10. The second-order valence-corrected chi connectivity index (χ2v) is 13.7. The van der Waals surface area contributed by atoms with E-state index in [1.54, 1.807) is 30.3 Å². The molecule has 11 heteroatoms. The number of hydrogen-bond acceptors (Lipinski definition) is 6. The maximum absolute atomic E-state index is 14.6. The minimum absolute atomic E-state index is 0.00881. The van der Waals surface area contributed by atoms with Gasteiger partial charge >= 0.3 is 0 Å². The van der Waals surface area contributed by atoms with Gasteiger partial charge in [0.15, 0.2) is 11.5 Å². The van der Waals surface area contributed by atoms with Crippen molar-refractivity contribution in [2.45, 2.75) is 43.8 Å². The molecule has 9 nitrogen and oxygen atoms in total. The Morgan fingerprint density at radius 2 is 1.43 bits per heavy atom. The molecule has 0 fully saturated rings. The Labute approximate surface area is 279 Å². The number of anilines is 1. The summed E-state index contributed by atoms with van der Waals surface area (Å²) in [5.41, 5.74) is 1.82. The molecule has 4 aromatic carbocycles. The average Bonchev–Trinajstić information content (AvgIpc) is 3.05. The number of rotatable bonds is 14. The molecule has 1 atom stereocenters. The summed E-state index contributed by atoms with van der Waals surface area (Å²) in [7, 11) is -1.32. The number of halogens is 1. The SMILES string of the molecule is COc1ccc(N(CC(=O)N(Cc2cccc(Br)c2)C(Cc2ccccc2)C(=O)NC(C)C)S(=O)(=O)c2ccccc2)cc1OC. The molecule has 4 aromatic rings. The zero-order chi connectivity index (χ0) is 33.3. The second kappa shape index (κ2) is 15.8. The summed E-state index contributed by atoms with van der Waals surface area (Å²) >= 11 is 3.50. The van der Waals surface area contributed by atoms with Crippen LogP contribution >= 0.6 is 15.9 Å². The van der Waals surface area contributed by atoms with Crippen molar-refractivity contribution in [3.63, 3.8) is 0 Å². The predicted molar refractivity (Wildman–Crippen MR) is 182 cm³/mol. The van der Waals surface area contributed by atoms with Gasteiger partial charge in [0.05, 0.1) is 24.8 Å². The molecular weight excluding hydrogens is 670 g/mol. The molecule has 0 radical (unpaired) electrons. The molecule has 0 aliphatic carbocycles. The molecule has 1 unspecified atom stereocenters. The number of sulfonamides is 1. The van der Waals surface area contributed by atoms with Crippen molar-refractivity contribution in [3.05, 3.63) is 119 Å². The fraction of sp³-hybridized carbons (Fsp3) is 0.257. The van der Waals surface area contributed by atoms with E-state index >= 15 is 0 Å². The Kier molecular flexibility index (Phi) is 11.8. The van der Waals surface area contributed by atoms with Gasteiger partial charge in [-0.05, 0) is 61.4 Å². The lowest BCUT2D eigenvalue weighted by Crippen LogP contribution is -2.54. The highest BCUT2D eigenvalue weighted by Gasteiger charge is 2.35. The van der Waals surface area contributed by atoms with E-state index in [2.05, 4.69) is 21.2 Å². The maximum Gasteiger partial charge on any atom is 0.264 e. The first-order chi connectivity index (χ1) is 22.0. The summed E-state index contributed by atoms with van der Waals surface area (Å²) in [4.78, 5) is 29.8. The standard InChI is InChI=1S/C35H38BrN3O6S/c1-25(2)37-35(41)31(21-26-12-7-5-8-13-26)38(23-27-14-11-15-28(36)20-27)34(40)24-39(46(42,43)30-16-9-6-10-17-30)29-18-19-32(44-3)33(22-29)45-4/h5-20,22,25,31H,21,23-24H2,1-4H3,(H,37,41). The van der Waals surface area contributed by atoms with Gasteiger partial charge in [-0.15, -0.1) is 0 Å². The smallest absolute Gasteiger partial charge is 0.264 e. The van der Waals surface area contributed by atoms with Crippen LogP contribution in [0.25, 0.3) is 0 Å². The van der Waals surface area contributed by atoms with E-state index in [9.17, 15) is 18.0 Å². The Morgan fingerprint density at radius 1 is 0.804 bits per heavy atom. The normalized spacial score (nSPS) is 11.9. The van der Waals surface area contributed by atoms with Gasteiger partial charge in [-0.25, -0.2) is 8.42 Å². The Bertz CT molecular complexity index is 1740. The number of nitrogens with one attached hydrogen (secondary N) is 1. The first kappa shape index (κ1) is 34.5. The number of ether oxygens (including phenoxy) is 2. The minimum Gasteiger partial charge on any atom is -0.493 e. The zero-order valence-electron chi connectivity index (χ0n) is 26.2. The van der Waals surface area contributed by atoms with Crippen LogP contribution in [0, 0.1) is 0 Å². The number of methoxy groups -OCH3 is 2. The molecular formula is C35H38BrN3O6S. The van der Waals surface area contributed by atoms with Crippen molar-refractivity contribution in [3.8, 4) is 11.5 Å². The van der Waals surface area contributed by atoms with Crippen molar-refractivity contribution < 1.29 is 27.5 Å². The van der Waals surface area contributed by atoms with E-state index < -0.39 is 28.5 Å². The van der Waals surface area contributed by atoms with Crippen LogP contribution in [0.3, 0.4) is 0 Å². The van der Waals surface area contributed by atoms with E-state index in [1.165, 1.54) is 37.3 Å². The van der Waals surface area contributed by atoms with E-state index in [1.807, 2.05) is 68.4 Å². The third-order valence-electron chi connectivity index (χ3n) is 7.21. The number of amides is 2. The lowest BCUT2D eigenvalue weighted by atomic mass is 10.0. The van der Waals surface area contributed by atoms with Crippen LogP contribution in [-0.4, -0.2) is 58.0 Å². The van der Waals surface area contributed by atoms with Crippen molar-refractivity contribution in [2.24, 2.45) is 0 Å². The van der Waals surface area contributed by atoms with Gasteiger partial charge in [-0.1, -0.05) is 76.6 Å². The van der Waals surface area contributed by atoms with Gasteiger partial charge in [0.1, 0.15) is 12.6 Å². The molecule has 0 aromatic heterocycles. The molecule has 0 saturated heterocycles. The summed E-state index contributed by atoms with van der Waals surface area (Å²) in [5, 5.41) is 2.96. The monoisotopic (exact) mass is 707 g/mol. The summed E-state index contributed by atoms with van der Waals surface area (Å²) in [6, 6.07) is 28.3. The van der Waals surface area contributed by atoms with Gasteiger partial charge in [-0.2, -0.15) is 0 Å². The third-order valence-corrected chi connectivity index (χ3v) is 9.49. The third kappa shape index (κ3) is 8.67. The number of benzene rings is 4. The van der Waals surface area contributed by atoms with Gasteiger partial charge in [0, 0.05) is 29.5 Å². The summed E-state index contributed by atoms with van der Waals surface area (Å²) in [6.45, 7) is 3.18. The summed E-state index contributed by atoms with van der Waals surface area (Å²) in [5.74, 6) is -0.205. The Hall–Kier alpha value is -4.35. The van der Waals surface area contributed by atoms with Gasteiger partial charge in [-0.3, -0.25) is 13.9 Å². The quantitative estimate of drug-likeness (QED) is 0.177. The summed E-state index contributed by atoms with van der Waals surface area (Å²) in [6.07, 6.45) is 0.223. The number of nitrogens with zero attached hydrogens (tertiary/aromatic N) is 2. The lowest BCUT2D eigenvalue weighted by molar-refractivity contribution is -0.140. The van der Waals surface area contributed by atoms with Gasteiger partial charge in [0.25, 0.3) is 10.0 Å². The van der Waals surface area contributed by atoms with Gasteiger partial charge < -0.3 is 19.7 Å². The van der Waals surface area contributed by atoms with Crippen LogP contribution in [-0.2, 0) is 32.6 Å². The summed E-state index contributed by atoms with van der Waals surface area (Å²) < 4.78 is 41.0.